The number of pyridine rings is 2. The zero-order valence-corrected chi connectivity index (χ0v) is 43.2. The monoisotopic (exact) mass is 1020 g/mol. The number of fused-ring (bicyclic) bond motifs is 14. The lowest BCUT2D eigenvalue weighted by atomic mass is 9.94. The fraction of sp³-hybridized carbons (Fsp3) is 0. The lowest BCUT2D eigenvalue weighted by Gasteiger charge is -2.15. The first-order chi connectivity index (χ1) is 39.7. The molecule has 0 radical (unpaired) electrons. The summed E-state index contributed by atoms with van der Waals surface area (Å²) in [5.74, 6) is 0.869. The topological polar surface area (TPSA) is 45.5 Å². The SMILES string of the molecule is c1ccc(-c2cc(-n3c4ccccc4c4cc5c6ccccc6n(-c6ccccc6)c5cc43)cc(-c3cccc(-c4cc5c6ccccc6n(-c6ccccc6)c5c5c4c4ccccc4n5-c4ccc5ccccc5n4)c3)n2)cc1. The molecule has 0 N–H and O–H groups in total. The smallest absolute Gasteiger partial charge is 0.138 e. The molecule has 0 atom stereocenters. The Bertz CT molecular complexity index is 5350. The van der Waals surface area contributed by atoms with E-state index in [9.17, 15) is 0 Å². The van der Waals surface area contributed by atoms with Crippen molar-refractivity contribution in [3.63, 3.8) is 0 Å². The lowest BCUT2D eigenvalue weighted by molar-refractivity contribution is 1.09. The normalized spacial score (nSPS) is 12.0. The Morgan fingerprint density at radius 1 is 0.250 bits per heavy atom. The van der Waals surface area contributed by atoms with Gasteiger partial charge in [0.25, 0.3) is 0 Å². The molecule has 11 aromatic carbocycles. The van der Waals surface area contributed by atoms with Crippen LogP contribution in [0.5, 0.6) is 0 Å². The van der Waals surface area contributed by atoms with Gasteiger partial charge in [-0.25, -0.2) is 9.97 Å². The highest BCUT2D eigenvalue weighted by Gasteiger charge is 2.26. The van der Waals surface area contributed by atoms with Gasteiger partial charge in [0.05, 0.1) is 66.7 Å². The second-order valence-electron chi connectivity index (χ2n) is 20.9. The highest BCUT2D eigenvalue weighted by molar-refractivity contribution is 6.28. The molecule has 17 rings (SSSR count). The van der Waals surface area contributed by atoms with Gasteiger partial charge in [-0.05, 0) is 114 Å². The molecule has 0 aliphatic carbocycles. The number of benzene rings is 11. The Morgan fingerprint density at radius 2 is 0.750 bits per heavy atom. The molecule has 6 heterocycles. The summed E-state index contributed by atoms with van der Waals surface area (Å²) in [6, 6.07) is 101. The minimum Gasteiger partial charge on any atom is -0.309 e. The molecule has 0 spiro atoms. The van der Waals surface area contributed by atoms with Gasteiger partial charge in [-0.1, -0.05) is 176 Å². The van der Waals surface area contributed by atoms with E-state index in [1.807, 2.05) is 0 Å². The minimum absolute atomic E-state index is 0.869. The molecule has 80 heavy (non-hydrogen) atoms. The predicted molar refractivity (Wildman–Crippen MR) is 333 cm³/mol. The summed E-state index contributed by atoms with van der Waals surface area (Å²) in [5.41, 5.74) is 19.4. The molecular formula is C74H46N6. The first-order valence-corrected chi connectivity index (χ1v) is 27.3. The zero-order chi connectivity index (χ0) is 52.4. The maximum Gasteiger partial charge on any atom is 0.138 e. The van der Waals surface area contributed by atoms with E-state index >= 15 is 0 Å². The molecule has 6 heteroatoms. The van der Waals surface area contributed by atoms with E-state index in [0.717, 1.165) is 117 Å². The lowest BCUT2D eigenvalue weighted by Crippen LogP contribution is -2.01. The third kappa shape index (κ3) is 6.60. The maximum absolute atomic E-state index is 5.59. The van der Waals surface area contributed by atoms with Crippen molar-refractivity contribution in [3.8, 4) is 56.5 Å². The summed E-state index contributed by atoms with van der Waals surface area (Å²) in [7, 11) is 0. The van der Waals surface area contributed by atoms with Crippen molar-refractivity contribution >= 4 is 98.1 Å². The molecule has 0 fully saturated rings. The zero-order valence-electron chi connectivity index (χ0n) is 43.2. The van der Waals surface area contributed by atoms with E-state index in [0.29, 0.717) is 0 Å². The van der Waals surface area contributed by atoms with Crippen molar-refractivity contribution in [3.05, 3.63) is 279 Å². The van der Waals surface area contributed by atoms with E-state index in [1.165, 1.54) is 37.8 Å². The van der Waals surface area contributed by atoms with Crippen LogP contribution in [-0.2, 0) is 0 Å². The molecule has 6 nitrogen and oxygen atoms in total. The van der Waals surface area contributed by atoms with Crippen LogP contribution < -0.4 is 0 Å². The largest absolute Gasteiger partial charge is 0.309 e. The van der Waals surface area contributed by atoms with Crippen LogP contribution >= 0.6 is 0 Å². The first-order valence-electron chi connectivity index (χ1n) is 27.3. The van der Waals surface area contributed by atoms with Crippen molar-refractivity contribution in [1.29, 1.82) is 0 Å². The van der Waals surface area contributed by atoms with E-state index in [-0.39, 0.29) is 0 Å². The molecule has 0 aliphatic heterocycles. The molecule has 6 aromatic heterocycles. The van der Waals surface area contributed by atoms with E-state index in [2.05, 4.69) is 297 Å². The number of hydrogen-bond acceptors (Lipinski definition) is 2. The van der Waals surface area contributed by atoms with Crippen LogP contribution in [0.1, 0.15) is 0 Å². The fourth-order valence-corrected chi connectivity index (χ4v) is 13.0. The fourth-order valence-electron chi connectivity index (χ4n) is 13.0. The van der Waals surface area contributed by atoms with Gasteiger partial charge in [0, 0.05) is 71.0 Å². The second kappa shape index (κ2) is 17.3. The van der Waals surface area contributed by atoms with Gasteiger partial charge >= 0.3 is 0 Å². The average molecular weight is 1020 g/mol. The van der Waals surface area contributed by atoms with Crippen LogP contribution in [0.3, 0.4) is 0 Å². The molecule has 0 bridgehead atoms. The Hall–Kier alpha value is -10.8. The maximum atomic E-state index is 5.59. The van der Waals surface area contributed by atoms with Gasteiger partial charge in [0.15, 0.2) is 0 Å². The van der Waals surface area contributed by atoms with E-state index in [4.69, 9.17) is 9.97 Å². The highest BCUT2D eigenvalue weighted by atomic mass is 15.1. The van der Waals surface area contributed by atoms with Crippen molar-refractivity contribution in [2.24, 2.45) is 0 Å². The molecule has 0 unspecified atom stereocenters. The molecule has 17 aromatic rings. The minimum atomic E-state index is 0.869. The van der Waals surface area contributed by atoms with E-state index < -0.39 is 0 Å². The van der Waals surface area contributed by atoms with E-state index in [1.54, 1.807) is 0 Å². The van der Waals surface area contributed by atoms with Crippen LogP contribution in [0.15, 0.2) is 279 Å². The highest BCUT2D eigenvalue weighted by Crippen LogP contribution is 2.47. The summed E-state index contributed by atoms with van der Waals surface area (Å²) in [6.07, 6.45) is 0. The van der Waals surface area contributed by atoms with Gasteiger partial charge in [-0.3, -0.25) is 4.57 Å². The summed E-state index contributed by atoms with van der Waals surface area (Å²) >= 11 is 0. The number of hydrogen-bond donors (Lipinski definition) is 0. The van der Waals surface area contributed by atoms with Gasteiger partial charge in [0.1, 0.15) is 5.82 Å². The number of nitrogens with zero attached hydrogens (tertiary/aromatic N) is 6. The first kappa shape index (κ1) is 44.3. The van der Waals surface area contributed by atoms with Crippen LogP contribution in [0.2, 0.25) is 0 Å². The molecule has 0 saturated carbocycles. The van der Waals surface area contributed by atoms with Gasteiger partial charge in [-0.2, -0.15) is 0 Å². The van der Waals surface area contributed by atoms with Crippen molar-refractivity contribution < 1.29 is 0 Å². The standard InChI is InChI=1S/C74H46N6/c1-4-21-47(22-5-1)63-42-53(78-66-36-17-12-31-55(66)60-45-59-54-30-11-16-35-65(54)77(69(59)46-70(60)78)51-26-6-2-7-27-51)43-64(75-63)50-25-20-24-49(41-50)58-44-61-56-32-13-18-37-67(56)79(52-28-8-3-9-29-52)73(61)74-72(58)57-33-14-19-38-68(57)80(74)71-40-39-48-23-10-15-34-62(48)76-71/h1-46H. The number of aromatic nitrogens is 6. The van der Waals surface area contributed by atoms with Crippen LogP contribution in [-0.4, -0.2) is 28.2 Å². The molecular weight excluding hydrogens is 973 g/mol. The van der Waals surface area contributed by atoms with Gasteiger partial charge in [-0.15, -0.1) is 0 Å². The van der Waals surface area contributed by atoms with Gasteiger partial charge in [0.2, 0.25) is 0 Å². The summed E-state index contributed by atoms with van der Waals surface area (Å²) < 4.78 is 9.72. The van der Waals surface area contributed by atoms with Gasteiger partial charge < -0.3 is 13.7 Å². The predicted octanol–water partition coefficient (Wildman–Crippen LogP) is 19.0. The second-order valence-corrected chi connectivity index (χ2v) is 20.9. The molecule has 372 valence electrons. The Labute approximate surface area is 459 Å². The van der Waals surface area contributed by atoms with Crippen molar-refractivity contribution in [2.75, 3.05) is 0 Å². The summed E-state index contributed by atoms with van der Waals surface area (Å²) in [6.45, 7) is 0. The average Bonchev–Trinajstić information content (AvgIpc) is 4.46. The summed E-state index contributed by atoms with van der Waals surface area (Å²) in [4.78, 5) is 11.0. The van der Waals surface area contributed by atoms with Crippen LogP contribution in [0.4, 0.5) is 0 Å². The third-order valence-corrected chi connectivity index (χ3v) is 16.5. The summed E-state index contributed by atoms with van der Waals surface area (Å²) in [5, 5.41) is 10.6. The Morgan fingerprint density at radius 3 is 1.43 bits per heavy atom. The molecule has 0 saturated heterocycles. The number of rotatable bonds is 7. The van der Waals surface area contributed by atoms with Crippen molar-refractivity contribution in [2.45, 2.75) is 0 Å². The Kier molecular flexibility index (Phi) is 9.61. The quantitative estimate of drug-likeness (QED) is 0.160. The van der Waals surface area contributed by atoms with Crippen molar-refractivity contribution in [1.82, 2.24) is 28.2 Å². The van der Waals surface area contributed by atoms with Crippen LogP contribution in [0.25, 0.3) is 155 Å². The third-order valence-electron chi connectivity index (χ3n) is 16.5. The number of para-hydroxylation sites is 7. The van der Waals surface area contributed by atoms with Crippen LogP contribution in [0, 0.1) is 0 Å². The Balaban J connectivity index is 0.939. The molecule has 0 amide bonds. The molecule has 0 aliphatic rings.